The van der Waals surface area contributed by atoms with Gasteiger partial charge in [-0.05, 0) is 43.1 Å². The zero-order valence-electron chi connectivity index (χ0n) is 9.77. The molecule has 2 aliphatic rings. The third-order valence-corrected chi connectivity index (χ3v) is 3.94. The van der Waals surface area contributed by atoms with Crippen LogP contribution >= 0.6 is 0 Å². The van der Waals surface area contributed by atoms with Crippen molar-refractivity contribution in [3.63, 3.8) is 0 Å². The molecule has 16 heavy (non-hydrogen) atoms. The van der Waals surface area contributed by atoms with Crippen LogP contribution in [-0.4, -0.2) is 0 Å². The fraction of sp³-hybridized carbons (Fsp3) is 0.375. The fourth-order valence-corrected chi connectivity index (χ4v) is 2.96. The Balaban J connectivity index is 1.70. The van der Waals surface area contributed by atoms with Gasteiger partial charge in [0.15, 0.2) is 0 Å². The van der Waals surface area contributed by atoms with Gasteiger partial charge in [-0.25, -0.2) is 0 Å². The number of aryl methyl sites for hydroxylation is 1. The normalized spacial score (nSPS) is 31.7. The molecule has 0 radical (unpaired) electrons. The van der Waals surface area contributed by atoms with E-state index in [-0.39, 0.29) is 0 Å². The first-order valence-corrected chi connectivity index (χ1v) is 6.24. The minimum Gasteiger partial charge on any atom is -0.0851 e. The van der Waals surface area contributed by atoms with Crippen molar-refractivity contribution in [3.8, 4) is 0 Å². The van der Waals surface area contributed by atoms with Gasteiger partial charge < -0.3 is 0 Å². The third kappa shape index (κ3) is 1.84. The van der Waals surface area contributed by atoms with Crippen molar-refractivity contribution in [2.75, 3.05) is 0 Å². The molecule has 2 aliphatic carbocycles. The van der Waals surface area contributed by atoms with E-state index in [1.807, 2.05) is 0 Å². The third-order valence-electron chi connectivity index (χ3n) is 3.94. The second-order valence-corrected chi connectivity index (χ2v) is 5.21. The second-order valence-electron chi connectivity index (χ2n) is 5.21. The highest BCUT2D eigenvalue weighted by molar-refractivity contribution is 5.50. The molecule has 0 aromatic heterocycles. The molecule has 2 bridgehead atoms. The molecule has 0 nitrogen and oxygen atoms in total. The minimum absolute atomic E-state index is 0.788. The number of benzene rings is 1. The molecule has 1 saturated carbocycles. The topological polar surface area (TPSA) is 0 Å². The molecule has 0 amide bonds. The summed E-state index contributed by atoms with van der Waals surface area (Å²) in [6.07, 6.45) is 12.3. The summed E-state index contributed by atoms with van der Waals surface area (Å²) in [6, 6.07) is 8.77. The Hall–Kier alpha value is -1.30. The van der Waals surface area contributed by atoms with E-state index in [2.05, 4.69) is 55.5 Å². The molecule has 1 fully saturated rings. The molecule has 3 atom stereocenters. The van der Waals surface area contributed by atoms with Gasteiger partial charge in [0.1, 0.15) is 0 Å². The average Bonchev–Trinajstić information content (AvgIpc) is 2.90. The molecule has 3 rings (SSSR count). The van der Waals surface area contributed by atoms with E-state index >= 15 is 0 Å². The van der Waals surface area contributed by atoms with Crippen molar-refractivity contribution >= 4 is 6.08 Å². The number of rotatable bonds is 2. The van der Waals surface area contributed by atoms with E-state index in [1.165, 1.54) is 24.0 Å². The summed E-state index contributed by atoms with van der Waals surface area (Å²) in [5, 5.41) is 0. The number of hydrogen-bond donors (Lipinski definition) is 0. The highest BCUT2D eigenvalue weighted by Crippen LogP contribution is 2.44. The Morgan fingerprint density at radius 3 is 2.50 bits per heavy atom. The van der Waals surface area contributed by atoms with Crippen molar-refractivity contribution in [1.29, 1.82) is 0 Å². The minimum atomic E-state index is 0.788. The van der Waals surface area contributed by atoms with Crippen LogP contribution in [0.15, 0.2) is 42.5 Å². The molecular weight excluding hydrogens is 192 g/mol. The summed E-state index contributed by atoms with van der Waals surface area (Å²) in [7, 11) is 0. The Morgan fingerprint density at radius 2 is 1.88 bits per heavy atom. The molecule has 0 heteroatoms. The Labute approximate surface area is 97.7 Å². The predicted molar refractivity (Wildman–Crippen MR) is 69.1 cm³/mol. The number of fused-ring (bicyclic) bond motifs is 2. The maximum absolute atomic E-state index is 2.42. The maximum Gasteiger partial charge on any atom is -0.0161 e. The van der Waals surface area contributed by atoms with Gasteiger partial charge in [0.2, 0.25) is 0 Å². The van der Waals surface area contributed by atoms with Gasteiger partial charge in [0.05, 0.1) is 0 Å². The van der Waals surface area contributed by atoms with Crippen LogP contribution in [0.5, 0.6) is 0 Å². The summed E-state index contributed by atoms with van der Waals surface area (Å²) in [5.74, 6) is 2.49. The van der Waals surface area contributed by atoms with Gasteiger partial charge >= 0.3 is 0 Å². The van der Waals surface area contributed by atoms with Gasteiger partial charge in [0, 0.05) is 0 Å². The van der Waals surface area contributed by atoms with Crippen LogP contribution in [-0.2, 0) is 0 Å². The monoisotopic (exact) mass is 210 g/mol. The van der Waals surface area contributed by atoms with Crippen LogP contribution in [0.2, 0.25) is 0 Å². The average molecular weight is 210 g/mol. The molecule has 1 aromatic carbocycles. The molecule has 0 N–H and O–H groups in total. The first-order chi connectivity index (χ1) is 7.81. The summed E-state index contributed by atoms with van der Waals surface area (Å²) in [6.45, 7) is 2.13. The first kappa shape index (κ1) is 9.89. The van der Waals surface area contributed by atoms with Crippen molar-refractivity contribution < 1.29 is 0 Å². The Bertz CT molecular complexity index is 422. The van der Waals surface area contributed by atoms with Crippen molar-refractivity contribution in [3.05, 3.63) is 53.6 Å². The van der Waals surface area contributed by atoms with Crippen LogP contribution in [0, 0.1) is 24.7 Å². The smallest absolute Gasteiger partial charge is 0.0161 e. The van der Waals surface area contributed by atoms with Crippen LogP contribution in [0.25, 0.3) is 6.08 Å². The molecule has 82 valence electrons. The predicted octanol–water partition coefficient (Wildman–Crippen LogP) is 4.22. The SMILES string of the molecule is Cc1ccc(C=CC2CC3C=CC2C3)cc1. The van der Waals surface area contributed by atoms with E-state index < -0.39 is 0 Å². The number of hydrogen-bond acceptors (Lipinski definition) is 0. The van der Waals surface area contributed by atoms with Gasteiger partial charge in [-0.15, -0.1) is 0 Å². The van der Waals surface area contributed by atoms with Crippen molar-refractivity contribution in [2.45, 2.75) is 19.8 Å². The van der Waals surface area contributed by atoms with E-state index in [9.17, 15) is 0 Å². The van der Waals surface area contributed by atoms with Crippen LogP contribution in [0.4, 0.5) is 0 Å². The highest BCUT2D eigenvalue weighted by atomic mass is 14.4. The van der Waals surface area contributed by atoms with Crippen molar-refractivity contribution in [2.24, 2.45) is 17.8 Å². The van der Waals surface area contributed by atoms with Crippen LogP contribution in [0.1, 0.15) is 24.0 Å². The van der Waals surface area contributed by atoms with Gasteiger partial charge in [0.25, 0.3) is 0 Å². The number of allylic oxidation sites excluding steroid dienone is 3. The Kier molecular flexibility index (Phi) is 2.43. The lowest BCUT2D eigenvalue weighted by Crippen LogP contribution is -2.02. The molecule has 0 aliphatic heterocycles. The van der Waals surface area contributed by atoms with E-state index in [4.69, 9.17) is 0 Å². The first-order valence-electron chi connectivity index (χ1n) is 6.24. The molecule has 0 spiro atoms. The van der Waals surface area contributed by atoms with Crippen LogP contribution in [0.3, 0.4) is 0 Å². The van der Waals surface area contributed by atoms with Gasteiger partial charge in [-0.2, -0.15) is 0 Å². The molecular formula is C16H18. The zero-order chi connectivity index (χ0) is 11.0. The van der Waals surface area contributed by atoms with Gasteiger partial charge in [-0.3, -0.25) is 0 Å². The summed E-state index contributed by atoms with van der Waals surface area (Å²) in [4.78, 5) is 0. The molecule has 0 heterocycles. The fourth-order valence-electron chi connectivity index (χ4n) is 2.96. The summed E-state index contributed by atoms with van der Waals surface area (Å²) in [5.41, 5.74) is 2.66. The lowest BCUT2D eigenvalue weighted by molar-refractivity contribution is 0.552. The van der Waals surface area contributed by atoms with E-state index in [1.54, 1.807) is 0 Å². The summed E-state index contributed by atoms with van der Waals surface area (Å²) >= 11 is 0. The molecule has 0 saturated heterocycles. The van der Waals surface area contributed by atoms with E-state index in [0.717, 1.165) is 17.8 Å². The second kappa shape index (κ2) is 3.93. The molecule has 3 unspecified atom stereocenters. The van der Waals surface area contributed by atoms with E-state index in [0.29, 0.717) is 0 Å². The zero-order valence-corrected chi connectivity index (χ0v) is 9.77. The lowest BCUT2D eigenvalue weighted by atomic mass is 9.93. The lowest BCUT2D eigenvalue weighted by Gasteiger charge is -2.12. The maximum atomic E-state index is 2.42. The quantitative estimate of drug-likeness (QED) is 0.641. The Morgan fingerprint density at radius 1 is 1.06 bits per heavy atom. The highest BCUT2D eigenvalue weighted by Gasteiger charge is 2.33. The molecule has 1 aromatic rings. The largest absolute Gasteiger partial charge is 0.0851 e. The van der Waals surface area contributed by atoms with Crippen molar-refractivity contribution in [1.82, 2.24) is 0 Å². The van der Waals surface area contributed by atoms with Gasteiger partial charge in [-0.1, -0.05) is 54.1 Å². The summed E-state index contributed by atoms with van der Waals surface area (Å²) < 4.78 is 0. The standard InChI is InChI=1S/C16H18/c1-12-2-4-13(5-3-12)6-8-15-10-14-7-9-16(15)11-14/h2-9,14-16H,10-11H2,1H3. The van der Waals surface area contributed by atoms with Crippen LogP contribution < -0.4 is 0 Å².